The van der Waals surface area contributed by atoms with Crippen molar-refractivity contribution in [3.8, 4) is 0 Å². The average Bonchev–Trinajstić information content (AvgIpc) is 2.43. The highest BCUT2D eigenvalue weighted by atomic mass is 35.5. The molecule has 0 saturated carbocycles. The van der Waals surface area contributed by atoms with Crippen molar-refractivity contribution in [2.75, 3.05) is 31.2 Å². The van der Waals surface area contributed by atoms with Gasteiger partial charge in [-0.15, -0.1) is 11.6 Å². The largest absolute Gasteiger partial charge is 0.378 e. The summed E-state index contributed by atoms with van der Waals surface area (Å²) in [5.74, 6) is 0.911. The smallest absolute Gasteiger partial charge is 0.150 e. The molecule has 1 fully saturated rings. The van der Waals surface area contributed by atoms with Crippen LogP contribution >= 0.6 is 11.6 Å². The molecule has 1 unspecified atom stereocenters. The Kier molecular flexibility index (Phi) is 3.38. The molecule has 0 N–H and O–H groups in total. The summed E-state index contributed by atoms with van der Waals surface area (Å²) in [7, 11) is 0. The van der Waals surface area contributed by atoms with Crippen molar-refractivity contribution in [2.24, 2.45) is 0 Å². The van der Waals surface area contributed by atoms with Gasteiger partial charge in [0.1, 0.15) is 5.82 Å². The van der Waals surface area contributed by atoms with E-state index in [2.05, 4.69) is 14.9 Å². The fourth-order valence-electron chi connectivity index (χ4n) is 1.67. The number of anilines is 1. The fourth-order valence-corrected chi connectivity index (χ4v) is 1.93. The first kappa shape index (κ1) is 10.6. The topological polar surface area (TPSA) is 38.2 Å². The molecule has 82 valence electrons. The molecular weight excluding hydrogens is 214 g/mol. The molecule has 1 aromatic rings. The number of rotatable bonds is 1. The zero-order valence-corrected chi connectivity index (χ0v) is 9.44. The predicted molar refractivity (Wildman–Crippen MR) is 59.4 cm³/mol. The number of nitrogens with zero attached hydrogens (tertiary/aromatic N) is 3. The van der Waals surface area contributed by atoms with Gasteiger partial charge in [-0.05, 0) is 6.92 Å². The normalized spacial score (nSPS) is 22.5. The lowest BCUT2D eigenvalue weighted by Crippen LogP contribution is -2.31. The third kappa shape index (κ3) is 2.58. The summed E-state index contributed by atoms with van der Waals surface area (Å²) in [5, 5.41) is 0.0221. The molecule has 0 amide bonds. The lowest BCUT2D eigenvalue weighted by molar-refractivity contribution is 0.154. The molecule has 1 saturated heterocycles. The Labute approximate surface area is 94.2 Å². The van der Waals surface area contributed by atoms with Crippen LogP contribution in [-0.4, -0.2) is 41.6 Å². The van der Waals surface area contributed by atoms with E-state index in [1.807, 2.05) is 6.92 Å². The number of aromatic nitrogens is 2. The number of ether oxygens (including phenoxy) is 1. The number of alkyl halides is 1. The molecule has 2 heterocycles. The molecule has 1 aromatic heterocycles. The summed E-state index contributed by atoms with van der Waals surface area (Å²) < 4.78 is 5.38. The van der Waals surface area contributed by atoms with Crippen LogP contribution in [0, 0.1) is 6.92 Å². The molecule has 4 nitrogen and oxygen atoms in total. The van der Waals surface area contributed by atoms with Gasteiger partial charge in [0.05, 0.1) is 24.3 Å². The van der Waals surface area contributed by atoms with Crippen molar-refractivity contribution < 1.29 is 4.74 Å². The molecule has 0 radical (unpaired) electrons. The summed E-state index contributed by atoms with van der Waals surface area (Å²) in [4.78, 5) is 10.7. The minimum Gasteiger partial charge on any atom is -0.378 e. The van der Waals surface area contributed by atoms with Gasteiger partial charge in [0.25, 0.3) is 0 Å². The van der Waals surface area contributed by atoms with Gasteiger partial charge in [0.15, 0.2) is 0 Å². The van der Waals surface area contributed by atoms with Crippen LogP contribution in [-0.2, 0) is 4.74 Å². The number of hydrogen-bond donors (Lipinski definition) is 0. The van der Waals surface area contributed by atoms with Crippen molar-refractivity contribution in [3.63, 3.8) is 0 Å². The second-order valence-corrected chi connectivity index (χ2v) is 4.20. The first-order valence-corrected chi connectivity index (χ1v) is 5.45. The highest BCUT2D eigenvalue weighted by Gasteiger charge is 2.19. The first-order chi connectivity index (χ1) is 7.27. The van der Waals surface area contributed by atoms with Crippen LogP contribution in [0.25, 0.3) is 0 Å². The maximum Gasteiger partial charge on any atom is 0.150 e. The van der Waals surface area contributed by atoms with Crippen molar-refractivity contribution in [1.82, 2.24) is 9.97 Å². The predicted octanol–water partition coefficient (Wildman–Crippen LogP) is 1.23. The van der Waals surface area contributed by atoms with E-state index in [1.54, 1.807) is 12.4 Å². The van der Waals surface area contributed by atoms with E-state index in [4.69, 9.17) is 16.3 Å². The van der Waals surface area contributed by atoms with Crippen LogP contribution in [0.4, 0.5) is 5.82 Å². The molecule has 2 rings (SSSR count). The van der Waals surface area contributed by atoms with Crippen LogP contribution in [0.1, 0.15) is 5.69 Å². The van der Waals surface area contributed by atoms with Crippen molar-refractivity contribution >= 4 is 17.4 Å². The van der Waals surface area contributed by atoms with E-state index >= 15 is 0 Å². The van der Waals surface area contributed by atoms with Crippen LogP contribution in [0.2, 0.25) is 0 Å². The van der Waals surface area contributed by atoms with Gasteiger partial charge in [0.2, 0.25) is 0 Å². The molecular formula is C10H14ClN3O. The van der Waals surface area contributed by atoms with Crippen LogP contribution in [0.5, 0.6) is 0 Å². The number of halogens is 1. The lowest BCUT2D eigenvalue weighted by Gasteiger charge is -2.22. The van der Waals surface area contributed by atoms with Gasteiger partial charge >= 0.3 is 0 Å². The van der Waals surface area contributed by atoms with Crippen LogP contribution in [0.3, 0.4) is 0 Å². The summed E-state index contributed by atoms with van der Waals surface area (Å²) in [6.07, 6.45) is 3.41. The standard InChI is InChI=1S/C10H14ClN3O/c1-8-10(13-3-2-12-8)14-4-5-15-7-9(11)6-14/h2-3,9H,4-7H2,1H3. The molecule has 0 aliphatic carbocycles. The fraction of sp³-hybridized carbons (Fsp3) is 0.600. The molecule has 1 aliphatic rings. The highest BCUT2D eigenvalue weighted by molar-refractivity contribution is 6.21. The van der Waals surface area contributed by atoms with Crippen LogP contribution < -0.4 is 4.90 Å². The number of hydrogen-bond acceptors (Lipinski definition) is 4. The lowest BCUT2D eigenvalue weighted by atomic mass is 10.3. The maximum absolute atomic E-state index is 6.10. The Hall–Kier alpha value is -0.870. The second-order valence-electron chi connectivity index (χ2n) is 3.58. The number of aryl methyl sites for hydroxylation is 1. The molecule has 0 spiro atoms. The minimum absolute atomic E-state index is 0.0221. The summed E-state index contributed by atoms with van der Waals surface area (Å²) >= 11 is 6.10. The second kappa shape index (κ2) is 4.77. The molecule has 0 bridgehead atoms. The Bertz CT molecular complexity index is 334. The Morgan fingerprint density at radius 2 is 2.27 bits per heavy atom. The van der Waals surface area contributed by atoms with Crippen molar-refractivity contribution in [2.45, 2.75) is 12.3 Å². The Morgan fingerprint density at radius 3 is 3.07 bits per heavy atom. The van der Waals surface area contributed by atoms with Crippen molar-refractivity contribution in [3.05, 3.63) is 18.1 Å². The van der Waals surface area contributed by atoms with Gasteiger partial charge in [-0.25, -0.2) is 4.98 Å². The van der Waals surface area contributed by atoms with E-state index in [0.717, 1.165) is 24.6 Å². The van der Waals surface area contributed by atoms with Crippen molar-refractivity contribution in [1.29, 1.82) is 0 Å². The molecule has 0 aromatic carbocycles. The highest BCUT2D eigenvalue weighted by Crippen LogP contribution is 2.17. The summed E-state index contributed by atoms with van der Waals surface area (Å²) in [5.41, 5.74) is 0.934. The third-order valence-corrected chi connectivity index (χ3v) is 2.64. The third-order valence-electron chi connectivity index (χ3n) is 2.38. The van der Waals surface area contributed by atoms with Gasteiger partial charge in [0, 0.05) is 25.5 Å². The molecule has 1 aliphatic heterocycles. The van der Waals surface area contributed by atoms with E-state index < -0.39 is 0 Å². The van der Waals surface area contributed by atoms with Crippen LogP contribution in [0.15, 0.2) is 12.4 Å². The van der Waals surface area contributed by atoms with E-state index in [1.165, 1.54) is 0 Å². The van der Waals surface area contributed by atoms with Gasteiger partial charge in [-0.1, -0.05) is 0 Å². The zero-order valence-electron chi connectivity index (χ0n) is 8.69. The van der Waals surface area contributed by atoms with E-state index in [0.29, 0.717) is 13.2 Å². The van der Waals surface area contributed by atoms with Gasteiger partial charge < -0.3 is 9.64 Å². The van der Waals surface area contributed by atoms with E-state index in [-0.39, 0.29) is 5.38 Å². The molecule has 1 atom stereocenters. The zero-order chi connectivity index (χ0) is 10.7. The van der Waals surface area contributed by atoms with Gasteiger partial charge in [-0.2, -0.15) is 0 Å². The Morgan fingerprint density at radius 1 is 1.47 bits per heavy atom. The quantitative estimate of drug-likeness (QED) is 0.677. The summed E-state index contributed by atoms with van der Waals surface area (Å²) in [6.45, 7) is 4.85. The Balaban J connectivity index is 2.18. The average molecular weight is 228 g/mol. The molecule has 5 heteroatoms. The summed E-state index contributed by atoms with van der Waals surface area (Å²) in [6, 6.07) is 0. The molecule has 15 heavy (non-hydrogen) atoms. The van der Waals surface area contributed by atoms with E-state index in [9.17, 15) is 0 Å². The maximum atomic E-state index is 6.10. The SMILES string of the molecule is Cc1nccnc1N1CCOCC(Cl)C1. The van der Waals surface area contributed by atoms with Gasteiger partial charge in [-0.3, -0.25) is 4.98 Å². The minimum atomic E-state index is 0.0221. The monoisotopic (exact) mass is 227 g/mol. The first-order valence-electron chi connectivity index (χ1n) is 5.02.